The van der Waals surface area contributed by atoms with E-state index >= 15 is 0 Å². The molecule has 5 nitrogen and oxygen atoms in total. The molecule has 1 rings (SSSR count). The molecule has 0 bridgehead atoms. The van der Waals surface area contributed by atoms with Crippen molar-refractivity contribution in [3.63, 3.8) is 0 Å². The topological polar surface area (TPSA) is 88.2 Å². The van der Waals surface area contributed by atoms with Gasteiger partial charge in [0.2, 0.25) is 0 Å². The maximum absolute atomic E-state index is 10.5. The summed E-state index contributed by atoms with van der Waals surface area (Å²) in [5, 5.41) is 11.8. The molecule has 0 saturated heterocycles. The van der Waals surface area contributed by atoms with E-state index in [0.717, 1.165) is 0 Å². The van der Waals surface area contributed by atoms with E-state index in [2.05, 4.69) is 10.3 Å². The highest BCUT2D eigenvalue weighted by Gasteiger charge is 2.07. The molecule has 0 unspecified atom stereocenters. The fraction of sp³-hybridized carbons (Fsp3) is 0.250. The van der Waals surface area contributed by atoms with Crippen molar-refractivity contribution in [2.75, 3.05) is 18.4 Å². The van der Waals surface area contributed by atoms with Crippen LogP contribution < -0.4 is 11.1 Å². The number of aromatic nitrogens is 1. The lowest BCUT2D eigenvalue weighted by Gasteiger charge is -2.05. The molecule has 1 aromatic rings. The zero-order chi connectivity index (χ0) is 10.6. The Labute approximate surface area is 85.9 Å². The van der Waals surface area contributed by atoms with Gasteiger partial charge in [0.15, 0.2) is 0 Å². The molecule has 4 N–H and O–H groups in total. The first-order valence-electron chi connectivity index (χ1n) is 3.98. The molecule has 1 heterocycles. The normalized spacial score (nSPS) is 9.86. The highest BCUT2D eigenvalue weighted by Crippen LogP contribution is 2.19. The van der Waals surface area contributed by atoms with Gasteiger partial charge < -0.3 is 16.2 Å². The van der Waals surface area contributed by atoms with Crippen LogP contribution in [0.1, 0.15) is 10.4 Å². The van der Waals surface area contributed by atoms with E-state index in [0.29, 0.717) is 18.9 Å². The lowest BCUT2D eigenvalue weighted by Crippen LogP contribution is -2.14. The SMILES string of the molecule is NCCNc1ncc(C(=O)O)cc1Cl. The largest absolute Gasteiger partial charge is 0.478 e. The summed E-state index contributed by atoms with van der Waals surface area (Å²) >= 11 is 5.78. The van der Waals surface area contributed by atoms with Gasteiger partial charge in [-0.05, 0) is 6.07 Å². The Bertz CT molecular complexity index is 343. The molecule has 14 heavy (non-hydrogen) atoms. The van der Waals surface area contributed by atoms with E-state index in [1.807, 2.05) is 0 Å². The average molecular weight is 216 g/mol. The summed E-state index contributed by atoms with van der Waals surface area (Å²) in [6.45, 7) is 0.998. The Morgan fingerprint density at radius 3 is 2.93 bits per heavy atom. The van der Waals surface area contributed by atoms with Crippen LogP contribution in [0.2, 0.25) is 5.02 Å². The van der Waals surface area contributed by atoms with Crippen LogP contribution in [0.15, 0.2) is 12.3 Å². The lowest BCUT2D eigenvalue weighted by molar-refractivity contribution is 0.0696. The van der Waals surface area contributed by atoms with Gasteiger partial charge in [-0.1, -0.05) is 11.6 Å². The predicted molar refractivity (Wildman–Crippen MR) is 53.8 cm³/mol. The van der Waals surface area contributed by atoms with E-state index in [1.54, 1.807) is 0 Å². The van der Waals surface area contributed by atoms with Gasteiger partial charge in [-0.15, -0.1) is 0 Å². The molecule has 0 spiro atoms. The van der Waals surface area contributed by atoms with Crippen LogP contribution in [0.4, 0.5) is 5.82 Å². The first-order chi connectivity index (χ1) is 6.65. The number of pyridine rings is 1. The minimum Gasteiger partial charge on any atom is -0.478 e. The highest BCUT2D eigenvalue weighted by molar-refractivity contribution is 6.33. The summed E-state index contributed by atoms with van der Waals surface area (Å²) in [7, 11) is 0. The standard InChI is InChI=1S/C8H10ClN3O2/c9-6-3-5(8(13)14)4-12-7(6)11-2-1-10/h3-4H,1-2,10H2,(H,11,12)(H,13,14). The summed E-state index contributed by atoms with van der Waals surface area (Å²) < 4.78 is 0. The summed E-state index contributed by atoms with van der Waals surface area (Å²) in [5.74, 6) is -0.605. The second-order valence-electron chi connectivity index (χ2n) is 2.58. The van der Waals surface area contributed by atoms with Crippen LogP contribution in [0.3, 0.4) is 0 Å². The monoisotopic (exact) mass is 215 g/mol. The molecule has 76 valence electrons. The van der Waals surface area contributed by atoms with Gasteiger partial charge in [-0.2, -0.15) is 0 Å². The molecule has 0 aliphatic rings. The van der Waals surface area contributed by atoms with Crippen molar-refractivity contribution in [2.45, 2.75) is 0 Å². The maximum Gasteiger partial charge on any atom is 0.337 e. The molecule has 0 fully saturated rings. The Morgan fingerprint density at radius 1 is 1.71 bits per heavy atom. The van der Waals surface area contributed by atoms with Crippen molar-refractivity contribution in [3.05, 3.63) is 22.8 Å². The van der Waals surface area contributed by atoms with Crippen molar-refractivity contribution in [1.82, 2.24) is 4.98 Å². The number of halogens is 1. The van der Waals surface area contributed by atoms with E-state index in [9.17, 15) is 4.79 Å². The maximum atomic E-state index is 10.5. The Hall–Kier alpha value is -1.33. The van der Waals surface area contributed by atoms with E-state index in [-0.39, 0.29) is 10.6 Å². The fourth-order valence-corrected chi connectivity index (χ4v) is 1.11. The Balaban J connectivity index is 2.84. The second kappa shape index (κ2) is 4.78. The van der Waals surface area contributed by atoms with Crippen LogP contribution in [0, 0.1) is 0 Å². The molecule has 1 aromatic heterocycles. The lowest BCUT2D eigenvalue weighted by atomic mass is 10.3. The number of nitrogens with two attached hydrogens (primary N) is 1. The van der Waals surface area contributed by atoms with Gasteiger partial charge in [-0.25, -0.2) is 9.78 Å². The molecular weight excluding hydrogens is 206 g/mol. The minimum atomic E-state index is -1.05. The Kier molecular flexibility index (Phi) is 3.67. The number of nitrogens with one attached hydrogen (secondary N) is 1. The zero-order valence-electron chi connectivity index (χ0n) is 7.33. The average Bonchev–Trinajstić information content (AvgIpc) is 2.15. The number of rotatable bonds is 4. The first-order valence-corrected chi connectivity index (χ1v) is 4.35. The highest BCUT2D eigenvalue weighted by atomic mass is 35.5. The number of carbonyl (C=O) groups is 1. The molecule has 0 aliphatic heterocycles. The zero-order valence-corrected chi connectivity index (χ0v) is 8.08. The molecule has 0 atom stereocenters. The number of aromatic carboxylic acids is 1. The molecule has 0 aliphatic carbocycles. The molecular formula is C8H10ClN3O2. The molecule has 6 heteroatoms. The van der Waals surface area contributed by atoms with Crippen LogP contribution in [0.25, 0.3) is 0 Å². The predicted octanol–water partition coefficient (Wildman–Crippen LogP) is 0.804. The third-order valence-corrected chi connectivity index (χ3v) is 1.81. The van der Waals surface area contributed by atoms with Crippen LogP contribution in [-0.4, -0.2) is 29.1 Å². The van der Waals surface area contributed by atoms with Gasteiger partial charge in [0.25, 0.3) is 0 Å². The molecule has 0 radical (unpaired) electrons. The number of carboxylic acid groups (broad SMARTS) is 1. The Morgan fingerprint density at radius 2 is 2.43 bits per heavy atom. The quantitative estimate of drug-likeness (QED) is 0.692. The number of hydrogen-bond donors (Lipinski definition) is 3. The number of hydrogen-bond acceptors (Lipinski definition) is 4. The first kappa shape index (κ1) is 10.7. The van der Waals surface area contributed by atoms with Gasteiger partial charge in [-0.3, -0.25) is 0 Å². The minimum absolute atomic E-state index is 0.0632. The van der Waals surface area contributed by atoms with Gasteiger partial charge in [0.1, 0.15) is 5.82 Å². The third-order valence-electron chi connectivity index (χ3n) is 1.52. The summed E-state index contributed by atoms with van der Waals surface area (Å²) in [6, 6.07) is 1.34. The van der Waals surface area contributed by atoms with Crippen LogP contribution >= 0.6 is 11.6 Å². The summed E-state index contributed by atoms with van der Waals surface area (Å²) in [6.07, 6.45) is 1.24. The van der Waals surface area contributed by atoms with E-state index < -0.39 is 5.97 Å². The fourth-order valence-electron chi connectivity index (χ4n) is 0.876. The summed E-state index contributed by atoms with van der Waals surface area (Å²) in [4.78, 5) is 14.4. The smallest absolute Gasteiger partial charge is 0.337 e. The third kappa shape index (κ3) is 2.58. The van der Waals surface area contributed by atoms with E-state index in [4.69, 9.17) is 22.4 Å². The molecule has 0 aromatic carbocycles. The number of carboxylic acids is 1. The number of anilines is 1. The van der Waals surface area contributed by atoms with Crippen LogP contribution in [-0.2, 0) is 0 Å². The van der Waals surface area contributed by atoms with Crippen molar-refractivity contribution < 1.29 is 9.90 Å². The summed E-state index contributed by atoms with van der Waals surface area (Å²) in [5.41, 5.74) is 5.34. The van der Waals surface area contributed by atoms with Crippen molar-refractivity contribution >= 4 is 23.4 Å². The van der Waals surface area contributed by atoms with Gasteiger partial charge >= 0.3 is 5.97 Å². The van der Waals surface area contributed by atoms with Crippen molar-refractivity contribution in [3.8, 4) is 0 Å². The van der Waals surface area contributed by atoms with E-state index in [1.165, 1.54) is 12.3 Å². The van der Waals surface area contributed by atoms with Crippen molar-refractivity contribution in [1.29, 1.82) is 0 Å². The van der Waals surface area contributed by atoms with Crippen molar-refractivity contribution in [2.24, 2.45) is 5.73 Å². The molecule has 0 amide bonds. The second-order valence-corrected chi connectivity index (χ2v) is 2.98. The van der Waals surface area contributed by atoms with Gasteiger partial charge in [0.05, 0.1) is 10.6 Å². The molecule has 0 saturated carbocycles. The number of nitrogens with zero attached hydrogens (tertiary/aromatic N) is 1. The van der Waals surface area contributed by atoms with Gasteiger partial charge in [0, 0.05) is 19.3 Å². The van der Waals surface area contributed by atoms with Crippen LogP contribution in [0.5, 0.6) is 0 Å².